The van der Waals surface area contributed by atoms with Crippen LogP contribution in [0.15, 0.2) is 23.2 Å². The quantitative estimate of drug-likeness (QED) is 0.869. The summed E-state index contributed by atoms with van der Waals surface area (Å²) < 4.78 is 13.6. The number of aryl methyl sites for hydroxylation is 1. The van der Waals surface area contributed by atoms with Gasteiger partial charge >= 0.3 is 0 Å². The monoisotopic (exact) mass is 250 g/mol. The minimum Gasteiger partial charge on any atom is -0.332 e. The number of nitrogens with one attached hydrogen (secondary N) is 1. The number of hydrogen-bond donors (Lipinski definition) is 1. The maximum Gasteiger partial charge on any atom is 0.161 e. The molecule has 1 unspecified atom stereocenters. The number of halogens is 1. The second-order valence-corrected chi connectivity index (χ2v) is 5.92. The van der Waals surface area contributed by atoms with Gasteiger partial charge in [-0.05, 0) is 37.3 Å². The molecule has 17 heavy (non-hydrogen) atoms. The van der Waals surface area contributed by atoms with E-state index in [2.05, 4.69) is 10.3 Å². The molecule has 1 saturated carbocycles. The van der Waals surface area contributed by atoms with E-state index in [9.17, 15) is 4.39 Å². The molecule has 4 heteroatoms. The number of thioether (sulfide) groups is 1. The number of aliphatic imine (C=N–C) groups is 1. The van der Waals surface area contributed by atoms with Gasteiger partial charge in [0, 0.05) is 5.25 Å². The van der Waals surface area contributed by atoms with Crippen LogP contribution in [0.25, 0.3) is 0 Å². The molecular weight excluding hydrogens is 235 g/mol. The van der Waals surface area contributed by atoms with E-state index >= 15 is 0 Å². The van der Waals surface area contributed by atoms with Crippen molar-refractivity contribution in [3.63, 3.8) is 0 Å². The summed E-state index contributed by atoms with van der Waals surface area (Å²) in [4.78, 5) is 4.46. The van der Waals surface area contributed by atoms with Crippen molar-refractivity contribution in [2.24, 2.45) is 10.9 Å². The Balaban J connectivity index is 1.71. The summed E-state index contributed by atoms with van der Waals surface area (Å²) in [6.45, 7) is 2.79. The molecule has 0 amide bonds. The lowest BCUT2D eigenvalue weighted by molar-refractivity contribution is 0.631. The van der Waals surface area contributed by atoms with Crippen molar-refractivity contribution in [3.05, 3.63) is 29.6 Å². The smallest absolute Gasteiger partial charge is 0.161 e. The van der Waals surface area contributed by atoms with Crippen molar-refractivity contribution in [1.82, 2.24) is 0 Å². The van der Waals surface area contributed by atoms with Crippen molar-refractivity contribution in [1.29, 1.82) is 0 Å². The van der Waals surface area contributed by atoms with Crippen LogP contribution in [0.1, 0.15) is 18.4 Å². The highest BCUT2D eigenvalue weighted by Gasteiger charge is 2.35. The molecule has 0 aromatic heterocycles. The average molecular weight is 250 g/mol. The second kappa shape index (κ2) is 4.33. The van der Waals surface area contributed by atoms with E-state index in [1.807, 2.05) is 13.0 Å². The third-order valence-corrected chi connectivity index (χ3v) is 4.57. The highest BCUT2D eigenvalue weighted by Crippen LogP contribution is 2.42. The highest BCUT2D eigenvalue weighted by atomic mass is 32.2. The summed E-state index contributed by atoms with van der Waals surface area (Å²) >= 11 is 1.77. The number of para-hydroxylation sites is 1. The largest absolute Gasteiger partial charge is 0.332 e. The zero-order valence-electron chi connectivity index (χ0n) is 9.74. The van der Waals surface area contributed by atoms with Gasteiger partial charge in [-0.3, -0.25) is 4.99 Å². The number of hydrogen-bond acceptors (Lipinski definition) is 3. The predicted octanol–water partition coefficient (Wildman–Crippen LogP) is 3.43. The summed E-state index contributed by atoms with van der Waals surface area (Å²) in [5, 5.41) is 4.61. The fraction of sp³-hybridized carbons (Fsp3) is 0.462. The van der Waals surface area contributed by atoms with E-state index in [1.165, 1.54) is 18.9 Å². The number of nitrogens with zero attached hydrogens (tertiary/aromatic N) is 1. The van der Waals surface area contributed by atoms with Gasteiger partial charge in [0.15, 0.2) is 5.17 Å². The van der Waals surface area contributed by atoms with Crippen LogP contribution in [-0.2, 0) is 0 Å². The molecule has 0 saturated heterocycles. The molecule has 90 valence electrons. The van der Waals surface area contributed by atoms with Crippen molar-refractivity contribution >= 4 is 22.6 Å². The first-order chi connectivity index (χ1) is 8.24. The summed E-state index contributed by atoms with van der Waals surface area (Å²) in [5.74, 6) is 0.632. The minimum atomic E-state index is -0.205. The van der Waals surface area contributed by atoms with Crippen LogP contribution in [-0.4, -0.2) is 17.0 Å². The van der Waals surface area contributed by atoms with Crippen LogP contribution in [0.4, 0.5) is 10.1 Å². The van der Waals surface area contributed by atoms with E-state index in [-0.39, 0.29) is 5.82 Å². The third-order valence-electron chi connectivity index (χ3n) is 3.28. The number of anilines is 1. The summed E-state index contributed by atoms with van der Waals surface area (Å²) in [6.07, 6.45) is 2.67. The number of benzene rings is 1. The molecule has 1 aliphatic carbocycles. The van der Waals surface area contributed by atoms with Gasteiger partial charge in [0.25, 0.3) is 0 Å². The van der Waals surface area contributed by atoms with E-state index in [1.54, 1.807) is 17.8 Å². The van der Waals surface area contributed by atoms with Crippen LogP contribution in [0.5, 0.6) is 0 Å². The Morgan fingerprint density at radius 2 is 2.24 bits per heavy atom. The maximum atomic E-state index is 13.6. The Morgan fingerprint density at radius 1 is 1.41 bits per heavy atom. The van der Waals surface area contributed by atoms with Gasteiger partial charge in [0.1, 0.15) is 5.82 Å². The standard InChI is InChI=1S/C13H15FN2S/c1-8-3-2-4-10(14)12(8)16-13-15-7-11(17-13)9-5-6-9/h2-4,9,11H,5-7H2,1H3,(H,15,16). The van der Waals surface area contributed by atoms with Crippen molar-refractivity contribution in [2.75, 3.05) is 11.9 Å². The van der Waals surface area contributed by atoms with Gasteiger partial charge in [-0.2, -0.15) is 0 Å². The minimum absolute atomic E-state index is 0.205. The molecule has 0 bridgehead atoms. The molecule has 1 heterocycles. The summed E-state index contributed by atoms with van der Waals surface area (Å²) in [6, 6.07) is 5.12. The third kappa shape index (κ3) is 2.32. The van der Waals surface area contributed by atoms with E-state index in [4.69, 9.17) is 0 Å². The van der Waals surface area contributed by atoms with Gasteiger partial charge in [0.05, 0.1) is 12.2 Å². The van der Waals surface area contributed by atoms with Crippen LogP contribution in [0.3, 0.4) is 0 Å². The molecule has 3 rings (SSSR count). The fourth-order valence-corrected chi connectivity index (χ4v) is 3.28. The molecule has 2 aliphatic rings. The average Bonchev–Trinajstić information content (AvgIpc) is 3.05. The highest BCUT2D eigenvalue weighted by molar-refractivity contribution is 8.15. The van der Waals surface area contributed by atoms with Crippen molar-refractivity contribution < 1.29 is 4.39 Å². The zero-order chi connectivity index (χ0) is 11.8. The molecular formula is C13H15FN2S. The number of amidine groups is 1. The van der Waals surface area contributed by atoms with Crippen molar-refractivity contribution in [2.45, 2.75) is 25.0 Å². The lowest BCUT2D eigenvalue weighted by Crippen LogP contribution is -2.10. The molecule has 1 N–H and O–H groups in total. The molecule has 1 atom stereocenters. The van der Waals surface area contributed by atoms with Gasteiger partial charge in [-0.1, -0.05) is 23.9 Å². The molecule has 0 spiro atoms. The van der Waals surface area contributed by atoms with E-state index in [0.717, 1.165) is 23.2 Å². The topological polar surface area (TPSA) is 24.4 Å². The van der Waals surface area contributed by atoms with Crippen LogP contribution >= 0.6 is 11.8 Å². The lowest BCUT2D eigenvalue weighted by atomic mass is 10.2. The van der Waals surface area contributed by atoms with Crippen LogP contribution in [0.2, 0.25) is 0 Å². The fourth-order valence-electron chi connectivity index (χ4n) is 2.07. The Bertz CT molecular complexity index is 448. The van der Waals surface area contributed by atoms with Crippen LogP contribution < -0.4 is 5.32 Å². The molecule has 0 radical (unpaired) electrons. The summed E-state index contributed by atoms with van der Waals surface area (Å²) in [7, 11) is 0. The van der Waals surface area contributed by atoms with Gasteiger partial charge in [-0.15, -0.1) is 0 Å². The zero-order valence-corrected chi connectivity index (χ0v) is 10.6. The van der Waals surface area contributed by atoms with E-state index < -0.39 is 0 Å². The lowest BCUT2D eigenvalue weighted by Gasteiger charge is -2.10. The Hall–Kier alpha value is -1.03. The second-order valence-electron chi connectivity index (χ2n) is 4.70. The molecule has 1 aromatic rings. The Morgan fingerprint density at radius 3 is 2.94 bits per heavy atom. The Labute approximate surface area is 105 Å². The first kappa shape index (κ1) is 11.1. The molecule has 1 aromatic carbocycles. The van der Waals surface area contributed by atoms with E-state index in [0.29, 0.717) is 10.9 Å². The molecule has 1 fully saturated rings. The van der Waals surface area contributed by atoms with Gasteiger partial charge in [-0.25, -0.2) is 4.39 Å². The van der Waals surface area contributed by atoms with Crippen LogP contribution in [0, 0.1) is 18.7 Å². The predicted molar refractivity (Wildman–Crippen MR) is 71.2 cm³/mol. The molecule has 1 aliphatic heterocycles. The molecule has 2 nitrogen and oxygen atoms in total. The SMILES string of the molecule is Cc1cccc(F)c1NC1=NCC(C2CC2)S1. The van der Waals surface area contributed by atoms with Gasteiger partial charge in [0.2, 0.25) is 0 Å². The number of rotatable bonds is 2. The van der Waals surface area contributed by atoms with Crippen molar-refractivity contribution in [3.8, 4) is 0 Å². The first-order valence-electron chi connectivity index (χ1n) is 5.97. The normalized spacial score (nSPS) is 23.6. The first-order valence-corrected chi connectivity index (χ1v) is 6.85. The maximum absolute atomic E-state index is 13.6. The summed E-state index contributed by atoms with van der Waals surface area (Å²) in [5.41, 5.74) is 1.48. The Kier molecular flexibility index (Phi) is 2.82. The van der Waals surface area contributed by atoms with Gasteiger partial charge < -0.3 is 5.32 Å².